The van der Waals surface area contributed by atoms with Gasteiger partial charge in [0.1, 0.15) is 11.4 Å². The first-order valence-electron chi connectivity index (χ1n) is 8.11. The van der Waals surface area contributed by atoms with Gasteiger partial charge in [-0.3, -0.25) is 0 Å². The summed E-state index contributed by atoms with van der Waals surface area (Å²) in [6, 6.07) is 23.0. The van der Waals surface area contributed by atoms with E-state index in [1.807, 2.05) is 60.7 Å². The Balaban J connectivity index is 1.70. The zero-order chi connectivity index (χ0) is 17.9. The smallest absolute Gasteiger partial charge is 0.341 e. The van der Waals surface area contributed by atoms with Crippen LogP contribution in [0.3, 0.4) is 0 Å². The maximum atomic E-state index is 10.6. The SMILES string of the molecule is O=C(O)COc1ccc(-c2onc(-c3ccccc3)c3cccc2-3)cc1. The van der Waals surface area contributed by atoms with E-state index in [-0.39, 0.29) is 6.61 Å². The van der Waals surface area contributed by atoms with Gasteiger partial charge in [-0.1, -0.05) is 53.7 Å². The summed E-state index contributed by atoms with van der Waals surface area (Å²) in [5.41, 5.74) is 4.63. The highest BCUT2D eigenvalue weighted by Crippen LogP contribution is 2.39. The van der Waals surface area contributed by atoms with Gasteiger partial charge in [-0.15, -0.1) is 0 Å². The average molecular weight is 345 g/mol. The molecule has 0 saturated heterocycles. The van der Waals surface area contributed by atoms with Crippen LogP contribution in [0.1, 0.15) is 0 Å². The number of hydrogen-bond acceptors (Lipinski definition) is 4. The van der Waals surface area contributed by atoms with Gasteiger partial charge in [0.2, 0.25) is 0 Å². The Hall–Kier alpha value is -3.60. The molecule has 0 amide bonds. The van der Waals surface area contributed by atoms with Gasteiger partial charge in [0.05, 0.1) is 0 Å². The van der Waals surface area contributed by atoms with Crippen LogP contribution in [0.4, 0.5) is 0 Å². The monoisotopic (exact) mass is 345 g/mol. The van der Waals surface area contributed by atoms with Crippen molar-refractivity contribution in [2.45, 2.75) is 0 Å². The average Bonchev–Trinajstić information content (AvgIpc) is 3.17. The third-order valence-corrected chi connectivity index (χ3v) is 4.07. The minimum Gasteiger partial charge on any atom is -0.482 e. The number of carbonyl (C=O) groups is 1. The summed E-state index contributed by atoms with van der Waals surface area (Å²) in [5.74, 6) is 0.140. The molecule has 2 aromatic carbocycles. The molecule has 1 N–H and O–H groups in total. The first-order valence-corrected chi connectivity index (χ1v) is 8.11. The van der Waals surface area contributed by atoms with E-state index in [4.69, 9.17) is 14.4 Å². The van der Waals surface area contributed by atoms with Crippen molar-refractivity contribution in [3.05, 3.63) is 72.8 Å². The van der Waals surface area contributed by atoms with Crippen molar-refractivity contribution in [2.24, 2.45) is 0 Å². The predicted molar refractivity (Wildman–Crippen MR) is 97.1 cm³/mol. The van der Waals surface area contributed by atoms with Gasteiger partial charge in [0.15, 0.2) is 12.4 Å². The number of nitrogens with zero attached hydrogens (tertiary/aromatic N) is 1. The molecule has 2 aliphatic rings. The number of rotatable bonds is 5. The topological polar surface area (TPSA) is 72.6 Å². The second kappa shape index (κ2) is 6.72. The molecule has 1 heterocycles. The van der Waals surface area contributed by atoms with E-state index in [0.717, 1.165) is 27.9 Å². The number of ether oxygens (including phenoxy) is 1. The molecular weight excluding hydrogens is 330 g/mol. The number of carboxylic acids is 1. The van der Waals surface area contributed by atoms with E-state index in [0.29, 0.717) is 11.5 Å². The van der Waals surface area contributed by atoms with Crippen LogP contribution in [0, 0.1) is 0 Å². The van der Waals surface area contributed by atoms with Gasteiger partial charge in [0.25, 0.3) is 0 Å². The van der Waals surface area contributed by atoms with E-state index in [1.165, 1.54) is 0 Å². The molecule has 0 radical (unpaired) electrons. The fourth-order valence-electron chi connectivity index (χ4n) is 2.87. The number of fused-ring (bicyclic) bond motifs is 1. The maximum Gasteiger partial charge on any atom is 0.341 e. The van der Waals surface area contributed by atoms with Crippen molar-refractivity contribution in [3.8, 4) is 39.5 Å². The van der Waals surface area contributed by atoms with Crippen molar-refractivity contribution >= 4 is 5.97 Å². The Morgan fingerprint density at radius 1 is 0.885 bits per heavy atom. The molecule has 5 nitrogen and oxygen atoms in total. The highest BCUT2D eigenvalue weighted by Gasteiger charge is 2.19. The quantitative estimate of drug-likeness (QED) is 0.573. The molecule has 1 aliphatic heterocycles. The molecule has 0 atom stereocenters. The first kappa shape index (κ1) is 15.9. The number of aliphatic carboxylic acids is 1. The van der Waals surface area contributed by atoms with Crippen LogP contribution in [-0.2, 0) is 4.79 Å². The third kappa shape index (κ3) is 3.02. The number of carboxylic acid groups (broad SMARTS) is 1. The van der Waals surface area contributed by atoms with Gasteiger partial charge in [-0.05, 0) is 24.3 Å². The van der Waals surface area contributed by atoms with Gasteiger partial charge < -0.3 is 14.4 Å². The van der Waals surface area contributed by atoms with E-state index < -0.39 is 5.97 Å². The Bertz CT molecular complexity index is 1010. The molecule has 1 aliphatic carbocycles. The van der Waals surface area contributed by atoms with Crippen molar-refractivity contribution in [1.82, 2.24) is 5.16 Å². The Kier molecular flexibility index (Phi) is 4.11. The molecule has 0 aromatic heterocycles. The predicted octanol–water partition coefficient (Wildman–Crippen LogP) is 4.58. The molecule has 4 rings (SSSR count). The summed E-state index contributed by atoms with van der Waals surface area (Å²) >= 11 is 0. The van der Waals surface area contributed by atoms with Crippen LogP contribution in [0.25, 0.3) is 33.7 Å². The molecule has 128 valence electrons. The van der Waals surface area contributed by atoms with E-state index in [2.05, 4.69) is 5.16 Å². The van der Waals surface area contributed by atoms with Crippen LogP contribution < -0.4 is 4.74 Å². The molecular formula is C21H15NO4. The lowest BCUT2D eigenvalue weighted by Gasteiger charge is -2.11. The molecule has 0 fully saturated rings. The molecule has 0 saturated carbocycles. The van der Waals surface area contributed by atoms with Crippen molar-refractivity contribution < 1.29 is 19.2 Å². The summed E-state index contributed by atoms with van der Waals surface area (Å²) in [6.07, 6.45) is 0. The summed E-state index contributed by atoms with van der Waals surface area (Å²) in [7, 11) is 0. The first-order chi connectivity index (χ1) is 12.7. The van der Waals surface area contributed by atoms with Gasteiger partial charge >= 0.3 is 5.97 Å². The summed E-state index contributed by atoms with van der Waals surface area (Å²) in [4.78, 5) is 10.6. The van der Waals surface area contributed by atoms with E-state index >= 15 is 0 Å². The largest absolute Gasteiger partial charge is 0.482 e. The summed E-state index contributed by atoms with van der Waals surface area (Å²) < 4.78 is 10.9. The van der Waals surface area contributed by atoms with Crippen molar-refractivity contribution in [1.29, 1.82) is 0 Å². The number of hydrogen-bond donors (Lipinski definition) is 1. The standard InChI is InChI=1S/C21H15NO4/c23-19(24)13-25-16-11-9-15(10-12-16)21-18-8-4-7-17(18)20(22-26-21)14-5-2-1-3-6-14/h1-12H,13H2,(H,23,24). The lowest BCUT2D eigenvalue weighted by molar-refractivity contribution is -0.139. The fourth-order valence-corrected chi connectivity index (χ4v) is 2.87. The second-order valence-corrected chi connectivity index (χ2v) is 5.79. The fraction of sp³-hybridized carbons (Fsp3) is 0.0476. The van der Waals surface area contributed by atoms with Crippen LogP contribution in [0.15, 0.2) is 77.3 Å². The Morgan fingerprint density at radius 2 is 1.62 bits per heavy atom. The van der Waals surface area contributed by atoms with Crippen molar-refractivity contribution in [2.75, 3.05) is 6.61 Å². The zero-order valence-electron chi connectivity index (χ0n) is 13.8. The third-order valence-electron chi connectivity index (χ3n) is 4.07. The molecule has 0 spiro atoms. The van der Waals surface area contributed by atoms with Crippen molar-refractivity contribution in [3.63, 3.8) is 0 Å². The van der Waals surface area contributed by atoms with E-state index in [9.17, 15) is 4.79 Å². The van der Waals surface area contributed by atoms with Gasteiger partial charge in [-0.25, -0.2) is 4.79 Å². The minimum absolute atomic E-state index is 0.371. The Morgan fingerprint density at radius 3 is 2.35 bits per heavy atom. The molecule has 5 heteroatoms. The van der Waals surface area contributed by atoms with Crippen LogP contribution in [0.5, 0.6) is 5.75 Å². The molecule has 2 aromatic rings. The normalized spacial score (nSPS) is 10.8. The Labute approximate surface area is 149 Å². The lowest BCUT2D eigenvalue weighted by Crippen LogP contribution is -2.09. The maximum absolute atomic E-state index is 10.6. The summed E-state index contributed by atoms with van der Waals surface area (Å²) in [6.45, 7) is -0.371. The highest BCUT2D eigenvalue weighted by molar-refractivity contribution is 5.89. The van der Waals surface area contributed by atoms with Crippen LogP contribution in [-0.4, -0.2) is 22.8 Å². The molecule has 0 unspecified atom stereocenters. The molecule has 0 bridgehead atoms. The van der Waals surface area contributed by atoms with E-state index in [1.54, 1.807) is 12.1 Å². The number of aromatic nitrogens is 1. The lowest BCUT2D eigenvalue weighted by atomic mass is 9.99. The molecule has 26 heavy (non-hydrogen) atoms. The zero-order valence-corrected chi connectivity index (χ0v) is 13.8. The highest BCUT2D eigenvalue weighted by atomic mass is 16.5. The van der Waals surface area contributed by atoms with Crippen LogP contribution in [0.2, 0.25) is 0 Å². The number of benzene rings is 2. The minimum atomic E-state index is -1.01. The summed E-state index contributed by atoms with van der Waals surface area (Å²) in [5, 5.41) is 13.0. The van der Waals surface area contributed by atoms with Crippen LogP contribution >= 0.6 is 0 Å². The second-order valence-electron chi connectivity index (χ2n) is 5.79. The van der Waals surface area contributed by atoms with Gasteiger partial charge in [0, 0.05) is 22.3 Å². The van der Waals surface area contributed by atoms with Gasteiger partial charge in [-0.2, -0.15) is 0 Å².